The summed E-state index contributed by atoms with van der Waals surface area (Å²) in [6.45, 7) is 1.43. The van der Waals surface area contributed by atoms with Gasteiger partial charge in [0.15, 0.2) is 6.10 Å². The number of esters is 1. The van der Waals surface area contributed by atoms with Crippen LogP contribution in [0.1, 0.15) is 103 Å². The Hall–Kier alpha value is -2.33. The SMILES string of the molecule is CCCCCCCC/C=C/CCCCCCCC(=O)O[C@@H]1[C@@H](CO)O[C@@H](n2ccc(N)nc2=O)C1(F)F. The second kappa shape index (κ2) is 16.5. The number of alkyl halides is 2. The average molecular weight is 528 g/mol. The summed E-state index contributed by atoms with van der Waals surface area (Å²) in [7, 11) is 0. The van der Waals surface area contributed by atoms with Gasteiger partial charge in [-0.05, 0) is 38.2 Å². The van der Waals surface area contributed by atoms with E-state index in [1.54, 1.807) is 0 Å². The molecule has 2 heterocycles. The minimum atomic E-state index is -3.74. The molecule has 0 amide bonds. The topological polar surface area (TPSA) is 117 Å². The Labute approximate surface area is 218 Å². The molecule has 210 valence electrons. The lowest BCUT2D eigenvalue weighted by Crippen LogP contribution is -2.44. The van der Waals surface area contributed by atoms with Crippen molar-refractivity contribution in [2.75, 3.05) is 12.3 Å². The fraction of sp³-hybridized carbons (Fsp3) is 0.741. The number of nitrogens with two attached hydrogens (primary N) is 1. The molecule has 0 bridgehead atoms. The zero-order chi connectivity index (χ0) is 27.1. The summed E-state index contributed by atoms with van der Waals surface area (Å²) in [5.41, 5.74) is 4.38. The van der Waals surface area contributed by atoms with E-state index in [0.29, 0.717) is 11.0 Å². The number of carbonyl (C=O) groups excluding carboxylic acids is 1. The summed E-state index contributed by atoms with van der Waals surface area (Å²) in [4.78, 5) is 27.7. The van der Waals surface area contributed by atoms with Gasteiger partial charge >= 0.3 is 17.6 Å². The van der Waals surface area contributed by atoms with E-state index in [1.807, 2.05) is 0 Å². The third-order valence-corrected chi connectivity index (χ3v) is 6.54. The van der Waals surface area contributed by atoms with Crippen molar-refractivity contribution >= 4 is 11.8 Å². The minimum Gasteiger partial charge on any atom is -0.453 e. The van der Waals surface area contributed by atoms with Crippen LogP contribution < -0.4 is 11.4 Å². The fourth-order valence-electron chi connectivity index (χ4n) is 4.41. The number of aliphatic hydroxyl groups is 1. The van der Waals surface area contributed by atoms with Crippen molar-refractivity contribution < 1.29 is 28.2 Å². The number of halogens is 2. The van der Waals surface area contributed by atoms with Crippen molar-refractivity contribution in [1.29, 1.82) is 0 Å². The second-order valence-electron chi connectivity index (χ2n) is 9.67. The minimum absolute atomic E-state index is 0.00305. The Kier molecular flexibility index (Phi) is 13.8. The molecule has 1 aliphatic rings. The summed E-state index contributed by atoms with van der Waals surface area (Å²) in [5, 5.41) is 9.50. The van der Waals surface area contributed by atoms with Crippen molar-refractivity contribution in [3.05, 3.63) is 34.9 Å². The Balaban J connectivity index is 1.63. The van der Waals surface area contributed by atoms with Gasteiger partial charge in [0.25, 0.3) is 0 Å². The van der Waals surface area contributed by atoms with E-state index in [0.717, 1.165) is 44.7 Å². The fourth-order valence-corrected chi connectivity index (χ4v) is 4.41. The predicted octanol–water partition coefficient (Wildman–Crippen LogP) is 5.30. The zero-order valence-electron chi connectivity index (χ0n) is 22.0. The van der Waals surface area contributed by atoms with Gasteiger partial charge in [-0.1, -0.05) is 70.4 Å². The first-order chi connectivity index (χ1) is 17.8. The van der Waals surface area contributed by atoms with E-state index in [2.05, 4.69) is 24.1 Å². The average Bonchev–Trinajstić information content (AvgIpc) is 3.11. The molecule has 1 aliphatic heterocycles. The molecule has 1 saturated heterocycles. The monoisotopic (exact) mass is 527 g/mol. The van der Waals surface area contributed by atoms with Crippen LogP contribution in [0.3, 0.4) is 0 Å². The first kappa shape index (κ1) is 30.9. The number of carbonyl (C=O) groups is 1. The van der Waals surface area contributed by atoms with Crippen molar-refractivity contribution in [3.8, 4) is 0 Å². The summed E-state index contributed by atoms with van der Waals surface area (Å²) < 4.78 is 40.8. The van der Waals surface area contributed by atoms with E-state index in [-0.39, 0.29) is 12.2 Å². The van der Waals surface area contributed by atoms with Gasteiger partial charge in [-0.3, -0.25) is 9.36 Å². The van der Waals surface area contributed by atoms with Gasteiger partial charge in [-0.25, -0.2) is 4.79 Å². The lowest BCUT2D eigenvalue weighted by atomic mass is 10.1. The number of unbranched alkanes of at least 4 members (excludes halogenated alkanes) is 11. The van der Waals surface area contributed by atoms with Gasteiger partial charge in [0.1, 0.15) is 11.9 Å². The third-order valence-electron chi connectivity index (χ3n) is 6.54. The predicted molar refractivity (Wildman–Crippen MR) is 138 cm³/mol. The van der Waals surface area contributed by atoms with Gasteiger partial charge in [0, 0.05) is 12.6 Å². The molecule has 3 atom stereocenters. The Bertz CT molecular complexity index is 893. The van der Waals surface area contributed by atoms with Gasteiger partial charge in [-0.15, -0.1) is 0 Å². The number of ether oxygens (including phenoxy) is 2. The van der Waals surface area contributed by atoms with E-state index < -0.39 is 42.6 Å². The largest absolute Gasteiger partial charge is 0.453 e. The van der Waals surface area contributed by atoms with Crippen LogP contribution in [-0.4, -0.2) is 45.4 Å². The maximum absolute atomic E-state index is 15.0. The van der Waals surface area contributed by atoms with Crippen LogP contribution in [0.25, 0.3) is 0 Å². The number of aromatic nitrogens is 2. The number of hydrogen-bond donors (Lipinski definition) is 2. The molecule has 0 spiro atoms. The first-order valence-corrected chi connectivity index (χ1v) is 13.6. The van der Waals surface area contributed by atoms with E-state index in [4.69, 9.17) is 15.2 Å². The molecule has 0 aliphatic carbocycles. The quantitative estimate of drug-likeness (QED) is 0.151. The number of nitrogens with zero attached hydrogens (tertiary/aromatic N) is 2. The molecule has 0 aromatic carbocycles. The van der Waals surface area contributed by atoms with Crippen molar-refractivity contribution in [2.24, 2.45) is 0 Å². The standard InChI is InChI=1S/C27H43F2N3O5/c1-2-3-4-5-6-7-8-9-10-11-12-13-14-15-16-17-23(34)37-24-21(20-33)36-25(27(24,28)29)32-19-18-22(30)31-26(32)35/h9-10,18-19,21,24-25,33H,2-8,11-17,20H2,1H3,(H2,30,31,35)/b10-9+/t21-,24-,25-/m1/s1. The molecule has 1 fully saturated rings. The summed E-state index contributed by atoms with van der Waals surface area (Å²) in [6, 6.07) is 1.18. The van der Waals surface area contributed by atoms with Crippen LogP contribution in [0.5, 0.6) is 0 Å². The molecular weight excluding hydrogens is 484 g/mol. The number of aliphatic hydroxyl groups excluding tert-OH is 1. The number of rotatable bonds is 18. The van der Waals surface area contributed by atoms with Crippen LogP contribution in [0.4, 0.5) is 14.6 Å². The van der Waals surface area contributed by atoms with Crippen molar-refractivity contribution in [2.45, 2.75) is 121 Å². The van der Waals surface area contributed by atoms with E-state index in [9.17, 15) is 14.7 Å². The molecule has 0 unspecified atom stereocenters. The highest BCUT2D eigenvalue weighted by molar-refractivity contribution is 5.69. The van der Waals surface area contributed by atoms with Crippen molar-refractivity contribution in [3.63, 3.8) is 0 Å². The van der Waals surface area contributed by atoms with Crippen LogP contribution in [0, 0.1) is 0 Å². The highest BCUT2D eigenvalue weighted by Crippen LogP contribution is 2.44. The molecule has 3 N–H and O–H groups in total. The maximum atomic E-state index is 15.0. The van der Waals surface area contributed by atoms with Crippen LogP contribution in [0.15, 0.2) is 29.2 Å². The highest BCUT2D eigenvalue weighted by Gasteiger charge is 2.62. The molecule has 37 heavy (non-hydrogen) atoms. The lowest BCUT2D eigenvalue weighted by Gasteiger charge is -2.24. The van der Waals surface area contributed by atoms with Crippen molar-refractivity contribution in [1.82, 2.24) is 9.55 Å². The van der Waals surface area contributed by atoms with E-state index in [1.165, 1.54) is 44.6 Å². The molecule has 8 nitrogen and oxygen atoms in total. The number of nitrogen functional groups attached to an aromatic ring is 1. The van der Waals surface area contributed by atoms with Gasteiger partial charge in [-0.2, -0.15) is 13.8 Å². The van der Waals surface area contributed by atoms with E-state index >= 15 is 8.78 Å². The smallest absolute Gasteiger partial charge is 0.351 e. The molecular formula is C27H43F2N3O5. The first-order valence-electron chi connectivity index (χ1n) is 13.6. The zero-order valence-corrected chi connectivity index (χ0v) is 22.0. The van der Waals surface area contributed by atoms with Gasteiger partial charge in [0.2, 0.25) is 6.23 Å². The molecule has 1 aromatic rings. The van der Waals surface area contributed by atoms with Gasteiger partial charge < -0.3 is 20.3 Å². The molecule has 0 radical (unpaired) electrons. The number of allylic oxidation sites excluding steroid dienone is 2. The van der Waals surface area contributed by atoms with Crippen LogP contribution >= 0.6 is 0 Å². The summed E-state index contributed by atoms with van der Waals surface area (Å²) in [6.07, 6.45) is 14.4. The third kappa shape index (κ3) is 10.2. The Morgan fingerprint density at radius 3 is 2.30 bits per heavy atom. The summed E-state index contributed by atoms with van der Waals surface area (Å²) in [5.74, 6) is -4.65. The number of hydrogen-bond acceptors (Lipinski definition) is 7. The van der Waals surface area contributed by atoms with Crippen LogP contribution in [0.2, 0.25) is 0 Å². The lowest BCUT2D eigenvalue weighted by molar-refractivity contribution is -0.176. The maximum Gasteiger partial charge on any atom is 0.351 e. The highest BCUT2D eigenvalue weighted by atomic mass is 19.3. The number of anilines is 1. The molecule has 2 rings (SSSR count). The normalized spacial score (nSPS) is 21.0. The Morgan fingerprint density at radius 2 is 1.70 bits per heavy atom. The molecule has 10 heteroatoms. The van der Waals surface area contributed by atoms with Crippen LogP contribution in [-0.2, 0) is 14.3 Å². The summed E-state index contributed by atoms with van der Waals surface area (Å²) >= 11 is 0. The molecule has 0 saturated carbocycles. The Morgan fingerprint density at radius 1 is 1.11 bits per heavy atom. The second-order valence-corrected chi connectivity index (χ2v) is 9.67. The molecule has 1 aromatic heterocycles. The van der Waals surface area contributed by atoms with Gasteiger partial charge in [0.05, 0.1) is 6.61 Å².